The number of unbranched alkanes of at least 4 members (excludes halogenated alkanes) is 1. The van der Waals surface area contributed by atoms with Gasteiger partial charge < -0.3 is 9.53 Å². The Morgan fingerprint density at radius 3 is 2.56 bits per heavy atom. The van der Waals surface area contributed by atoms with Crippen molar-refractivity contribution >= 4 is 5.78 Å². The molecule has 0 heterocycles. The molecular weight excluding hydrogens is 116 g/mol. The summed E-state index contributed by atoms with van der Waals surface area (Å²) in [6.45, 7) is 2.39. The van der Waals surface area contributed by atoms with Gasteiger partial charge in [0.15, 0.2) is 0 Å². The summed E-state index contributed by atoms with van der Waals surface area (Å²) in [6.07, 6.45) is 2.66. The average molecular weight is 130 g/mol. The first-order valence-corrected chi connectivity index (χ1v) is 3.25. The van der Waals surface area contributed by atoms with E-state index in [1.165, 1.54) is 0 Å². The number of carbonyl (C=O) groups excluding carboxylic acids is 1. The molecule has 0 fully saturated rings. The Morgan fingerprint density at radius 1 is 1.44 bits per heavy atom. The van der Waals surface area contributed by atoms with E-state index >= 15 is 0 Å². The topological polar surface area (TPSA) is 26.3 Å². The van der Waals surface area contributed by atoms with Crippen molar-refractivity contribution in [3.8, 4) is 0 Å². The van der Waals surface area contributed by atoms with Crippen LogP contribution in [-0.2, 0) is 9.53 Å². The molecule has 0 unspecified atom stereocenters. The van der Waals surface area contributed by atoms with Crippen LogP contribution in [0.3, 0.4) is 0 Å². The number of ether oxygens (including phenoxy) is 1. The quantitative estimate of drug-likeness (QED) is 0.526. The zero-order valence-corrected chi connectivity index (χ0v) is 6.14. The molecule has 0 N–H and O–H groups in total. The number of carbonyl (C=O) groups is 1. The third-order valence-electron chi connectivity index (χ3n) is 1.13. The standard InChI is InChI=1S/C7H14O2/c1-7(8)5-3-4-6-9-2/h3-6H2,1-2H3. The van der Waals surface area contributed by atoms with E-state index in [0.29, 0.717) is 6.42 Å². The minimum atomic E-state index is 0.270. The van der Waals surface area contributed by atoms with E-state index in [1.807, 2.05) is 0 Å². The smallest absolute Gasteiger partial charge is 0.129 e. The van der Waals surface area contributed by atoms with Crippen LogP contribution in [0.4, 0.5) is 0 Å². The molecule has 2 nitrogen and oxygen atoms in total. The van der Waals surface area contributed by atoms with Gasteiger partial charge >= 0.3 is 0 Å². The Morgan fingerprint density at radius 2 is 2.11 bits per heavy atom. The van der Waals surface area contributed by atoms with E-state index in [9.17, 15) is 4.79 Å². The zero-order valence-electron chi connectivity index (χ0n) is 6.14. The highest BCUT2D eigenvalue weighted by Crippen LogP contribution is 1.95. The van der Waals surface area contributed by atoms with Crippen LogP contribution >= 0.6 is 0 Å². The highest BCUT2D eigenvalue weighted by molar-refractivity contribution is 5.75. The fourth-order valence-corrected chi connectivity index (χ4v) is 0.620. The maximum absolute atomic E-state index is 10.4. The second kappa shape index (κ2) is 5.76. The average Bonchev–Trinajstić information content (AvgIpc) is 1.80. The summed E-state index contributed by atoms with van der Waals surface area (Å²) in [5.74, 6) is 0.270. The van der Waals surface area contributed by atoms with Crippen LogP contribution in [0.5, 0.6) is 0 Å². The molecule has 0 bridgehead atoms. The number of ketones is 1. The molecule has 0 aliphatic carbocycles. The molecule has 0 radical (unpaired) electrons. The molecule has 0 aliphatic rings. The van der Waals surface area contributed by atoms with Gasteiger partial charge in [0, 0.05) is 20.1 Å². The van der Waals surface area contributed by atoms with Crippen LogP contribution < -0.4 is 0 Å². The number of methoxy groups -OCH3 is 1. The van der Waals surface area contributed by atoms with Crippen molar-refractivity contribution < 1.29 is 9.53 Å². The predicted octanol–water partition coefficient (Wildman–Crippen LogP) is 1.39. The molecule has 2 heteroatoms. The van der Waals surface area contributed by atoms with Gasteiger partial charge in [-0.15, -0.1) is 0 Å². The van der Waals surface area contributed by atoms with Crippen molar-refractivity contribution in [3.63, 3.8) is 0 Å². The minimum Gasteiger partial charge on any atom is -0.385 e. The molecule has 0 aromatic rings. The number of rotatable bonds is 5. The third kappa shape index (κ3) is 7.63. The molecule has 54 valence electrons. The molecule has 0 aromatic carbocycles. The van der Waals surface area contributed by atoms with Gasteiger partial charge in [0.2, 0.25) is 0 Å². The lowest BCUT2D eigenvalue weighted by Gasteiger charge is -1.95. The first-order chi connectivity index (χ1) is 4.27. The maximum Gasteiger partial charge on any atom is 0.129 e. The summed E-state index contributed by atoms with van der Waals surface area (Å²) in [4.78, 5) is 10.4. The summed E-state index contributed by atoms with van der Waals surface area (Å²) in [6, 6.07) is 0. The number of Topliss-reactive ketones (excluding diaryl/α,β-unsaturated/α-hetero) is 1. The summed E-state index contributed by atoms with van der Waals surface area (Å²) in [5.41, 5.74) is 0. The zero-order chi connectivity index (χ0) is 7.11. The largest absolute Gasteiger partial charge is 0.385 e. The summed E-state index contributed by atoms with van der Waals surface area (Å²) >= 11 is 0. The SMILES string of the molecule is COCCCCC(C)=O. The summed E-state index contributed by atoms with van der Waals surface area (Å²) in [5, 5.41) is 0. The number of hydrogen-bond donors (Lipinski definition) is 0. The van der Waals surface area contributed by atoms with E-state index in [-0.39, 0.29) is 5.78 Å². The van der Waals surface area contributed by atoms with E-state index < -0.39 is 0 Å². The molecule has 0 saturated heterocycles. The lowest BCUT2D eigenvalue weighted by atomic mass is 10.2. The fourth-order valence-electron chi connectivity index (χ4n) is 0.620. The van der Waals surface area contributed by atoms with E-state index in [2.05, 4.69) is 0 Å². The number of hydrogen-bond acceptors (Lipinski definition) is 2. The van der Waals surface area contributed by atoms with Crippen molar-refractivity contribution in [1.82, 2.24) is 0 Å². The highest BCUT2D eigenvalue weighted by atomic mass is 16.5. The van der Waals surface area contributed by atoms with Crippen LogP contribution in [-0.4, -0.2) is 19.5 Å². The lowest BCUT2D eigenvalue weighted by Crippen LogP contribution is -1.92. The molecule has 0 aliphatic heterocycles. The van der Waals surface area contributed by atoms with Gasteiger partial charge in [-0.1, -0.05) is 0 Å². The first-order valence-electron chi connectivity index (χ1n) is 3.25. The van der Waals surface area contributed by atoms with Gasteiger partial charge in [0.05, 0.1) is 0 Å². The molecule has 0 aromatic heterocycles. The van der Waals surface area contributed by atoms with Crippen LogP contribution in [0.2, 0.25) is 0 Å². The normalized spacial score (nSPS) is 9.56. The van der Waals surface area contributed by atoms with Gasteiger partial charge in [-0.05, 0) is 19.8 Å². The van der Waals surface area contributed by atoms with E-state index in [1.54, 1.807) is 14.0 Å². The Hall–Kier alpha value is -0.370. The van der Waals surface area contributed by atoms with Crippen molar-refractivity contribution in [2.45, 2.75) is 26.2 Å². The summed E-state index contributed by atoms with van der Waals surface area (Å²) in [7, 11) is 1.67. The second-order valence-corrected chi connectivity index (χ2v) is 2.15. The van der Waals surface area contributed by atoms with Crippen LogP contribution in [0.15, 0.2) is 0 Å². The van der Waals surface area contributed by atoms with Gasteiger partial charge in [-0.2, -0.15) is 0 Å². The van der Waals surface area contributed by atoms with Crippen LogP contribution in [0.1, 0.15) is 26.2 Å². The maximum atomic E-state index is 10.4. The van der Waals surface area contributed by atoms with Crippen LogP contribution in [0, 0.1) is 0 Å². The molecule has 0 atom stereocenters. The van der Waals surface area contributed by atoms with Gasteiger partial charge in [0.25, 0.3) is 0 Å². The van der Waals surface area contributed by atoms with Crippen molar-refractivity contribution in [3.05, 3.63) is 0 Å². The van der Waals surface area contributed by atoms with E-state index in [4.69, 9.17) is 4.74 Å². The molecular formula is C7H14O2. The van der Waals surface area contributed by atoms with Crippen LogP contribution in [0.25, 0.3) is 0 Å². The molecule has 9 heavy (non-hydrogen) atoms. The Kier molecular flexibility index (Phi) is 5.52. The minimum absolute atomic E-state index is 0.270. The molecule has 0 saturated carbocycles. The van der Waals surface area contributed by atoms with Gasteiger partial charge in [0.1, 0.15) is 5.78 Å². The predicted molar refractivity (Wildman–Crippen MR) is 36.4 cm³/mol. The van der Waals surface area contributed by atoms with Gasteiger partial charge in [-0.25, -0.2) is 0 Å². The Bertz CT molecular complexity index is 79.0. The molecule has 0 spiro atoms. The van der Waals surface area contributed by atoms with Crippen molar-refractivity contribution in [2.75, 3.05) is 13.7 Å². The van der Waals surface area contributed by atoms with Gasteiger partial charge in [-0.3, -0.25) is 0 Å². The Labute approximate surface area is 56.2 Å². The Balaban J connectivity index is 2.83. The molecule has 0 amide bonds. The summed E-state index contributed by atoms with van der Waals surface area (Å²) < 4.78 is 4.81. The van der Waals surface area contributed by atoms with Crippen molar-refractivity contribution in [1.29, 1.82) is 0 Å². The fraction of sp³-hybridized carbons (Fsp3) is 0.857. The van der Waals surface area contributed by atoms with Crippen molar-refractivity contribution in [2.24, 2.45) is 0 Å². The third-order valence-corrected chi connectivity index (χ3v) is 1.13. The lowest BCUT2D eigenvalue weighted by molar-refractivity contribution is -0.117. The molecule has 0 rings (SSSR count). The monoisotopic (exact) mass is 130 g/mol. The highest BCUT2D eigenvalue weighted by Gasteiger charge is 1.91. The van der Waals surface area contributed by atoms with E-state index in [0.717, 1.165) is 19.4 Å². The first kappa shape index (κ1) is 8.63. The second-order valence-electron chi connectivity index (χ2n) is 2.15.